The fraction of sp³-hybridized carbons (Fsp3) is 0.778. The maximum atomic E-state index is 6.18. The molecule has 0 bridgehead atoms. The summed E-state index contributed by atoms with van der Waals surface area (Å²) in [5.74, 6) is 4.86. The highest BCUT2D eigenvalue weighted by Crippen LogP contribution is 2.47. The minimum atomic E-state index is 0.560. The van der Waals surface area contributed by atoms with Crippen molar-refractivity contribution < 1.29 is 9.47 Å². The molecule has 5 atom stereocenters. The quantitative estimate of drug-likeness (QED) is 0.440. The molecule has 0 N–H and O–H groups in total. The summed E-state index contributed by atoms with van der Waals surface area (Å²) in [6.07, 6.45) is 16.5. The monoisotopic (exact) mass is 398 g/mol. The number of benzene rings is 1. The molecule has 2 heteroatoms. The molecule has 2 nitrogen and oxygen atoms in total. The van der Waals surface area contributed by atoms with E-state index >= 15 is 0 Å². The van der Waals surface area contributed by atoms with Crippen molar-refractivity contribution in [2.75, 3.05) is 13.2 Å². The van der Waals surface area contributed by atoms with Crippen LogP contribution in [0, 0.1) is 23.7 Å². The molecule has 1 aromatic rings. The summed E-state index contributed by atoms with van der Waals surface area (Å²) in [6.45, 7) is 6.23. The standard InChI is InChI=1S/C27H42O2/c1-3-5-15-29-27-13-11-23-17-21(7-9-25(23)19-27)20-6-8-24-18-26(28-14-4-2)12-10-22(24)16-20/h10,12,18,20-21,23,25,27H,3-9,11,13-17,19H2,1-2H3. The van der Waals surface area contributed by atoms with Crippen molar-refractivity contribution in [3.05, 3.63) is 29.3 Å². The van der Waals surface area contributed by atoms with Crippen LogP contribution in [0.15, 0.2) is 18.2 Å². The van der Waals surface area contributed by atoms with E-state index in [0.717, 1.165) is 49.1 Å². The van der Waals surface area contributed by atoms with Crippen LogP contribution < -0.4 is 4.74 Å². The van der Waals surface area contributed by atoms with Gasteiger partial charge in [-0.25, -0.2) is 0 Å². The van der Waals surface area contributed by atoms with E-state index in [4.69, 9.17) is 9.47 Å². The van der Waals surface area contributed by atoms with E-state index in [2.05, 4.69) is 32.0 Å². The first-order valence-corrected chi connectivity index (χ1v) is 12.6. The number of hydrogen-bond acceptors (Lipinski definition) is 2. The topological polar surface area (TPSA) is 18.5 Å². The summed E-state index contributed by atoms with van der Waals surface area (Å²) < 4.78 is 12.0. The Labute approximate surface area is 178 Å². The summed E-state index contributed by atoms with van der Waals surface area (Å²) in [7, 11) is 0. The molecule has 1 aromatic carbocycles. The molecule has 0 aliphatic heterocycles. The third kappa shape index (κ3) is 5.37. The average molecular weight is 399 g/mol. The number of aryl methyl sites for hydroxylation is 1. The Kier molecular flexibility index (Phi) is 7.56. The first-order valence-electron chi connectivity index (χ1n) is 12.6. The molecule has 0 spiro atoms. The van der Waals surface area contributed by atoms with E-state index in [1.165, 1.54) is 70.6 Å². The summed E-state index contributed by atoms with van der Waals surface area (Å²) in [6, 6.07) is 6.88. The van der Waals surface area contributed by atoms with E-state index in [-0.39, 0.29) is 0 Å². The Bertz CT molecular complexity index is 639. The summed E-state index contributed by atoms with van der Waals surface area (Å²) in [4.78, 5) is 0. The lowest BCUT2D eigenvalue weighted by Crippen LogP contribution is -2.37. The summed E-state index contributed by atoms with van der Waals surface area (Å²) in [5.41, 5.74) is 3.15. The van der Waals surface area contributed by atoms with Crippen molar-refractivity contribution in [3.63, 3.8) is 0 Å². The first kappa shape index (κ1) is 21.2. The third-order valence-corrected chi connectivity index (χ3v) is 8.04. The van der Waals surface area contributed by atoms with Gasteiger partial charge in [0.1, 0.15) is 5.75 Å². The van der Waals surface area contributed by atoms with Crippen LogP contribution in [0.25, 0.3) is 0 Å². The van der Waals surface area contributed by atoms with Crippen molar-refractivity contribution in [2.45, 2.75) is 97.0 Å². The van der Waals surface area contributed by atoms with Gasteiger partial charge < -0.3 is 9.47 Å². The molecule has 3 aliphatic carbocycles. The first-order chi connectivity index (χ1) is 14.3. The van der Waals surface area contributed by atoms with E-state index in [1.54, 1.807) is 11.1 Å². The fourth-order valence-electron chi connectivity index (χ4n) is 6.33. The number of hydrogen-bond donors (Lipinski definition) is 0. The lowest BCUT2D eigenvalue weighted by Gasteiger charge is -2.45. The van der Waals surface area contributed by atoms with Gasteiger partial charge in [-0.1, -0.05) is 26.3 Å². The van der Waals surface area contributed by atoms with Crippen LogP contribution in [0.4, 0.5) is 0 Å². The molecule has 0 aromatic heterocycles. The molecule has 162 valence electrons. The molecule has 0 amide bonds. The third-order valence-electron chi connectivity index (χ3n) is 8.04. The Morgan fingerprint density at radius 1 is 0.793 bits per heavy atom. The summed E-state index contributed by atoms with van der Waals surface area (Å²) >= 11 is 0. The molecule has 2 saturated carbocycles. The Morgan fingerprint density at radius 3 is 2.41 bits per heavy atom. The zero-order valence-corrected chi connectivity index (χ0v) is 18.8. The highest BCUT2D eigenvalue weighted by molar-refractivity contribution is 5.37. The molecule has 29 heavy (non-hydrogen) atoms. The second-order valence-corrected chi connectivity index (χ2v) is 10.0. The normalized spacial score (nSPS) is 31.7. The lowest BCUT2D eigenvalue weighted by molar-refractivity contribution is -0.0247. The van der Waals surface area contributed by atoms with Crippen LogP contribution in [0.1, 0.15) is 89.2 Å². The molecular formula is C27H42O2. The zero-order valence-electron chi connectivity index (χ0n) is 18.8. The van der Waals surface area contributed by atoms with Gasteiger partial charge in [-0.05, 0) is 118 Å². The largest absolute Gasteiger partial charge is 0.494 e. The molecule has 4 rings (SSSR count). The van der Waals surface area contributed by atoms with Gasteiger partial charge in [0, 0.05) is 6.61 Å². The van der Waals surface area contributed by atoms with Crippen LogP contribution in [-0.4, -0.2) is 19.3 Å². The smallest absolute Gasteiger partial charge is 0.119 e. The fourth-order valence-corrected chi connectivity index (χ4v) is 6.33. The van der Waals surface area contributed by atoms with E-state index < -0.39 is 0 Å². The molecule has 5 unspecified atom stereocenters. The van der Waals surface area contributed by atoms with E-state index in [1.807, 2.05) is 0 Å². The van der Waals surface area contributed by atoms with Crippen LogP contribution in [0.3, 0.4) is 0 Å². The SMILES string of the molecule is CCCCOC1CCC2CC(C3CCc4cc(OCCC)ccc4C3)CCC2C1. The predicted octanol–water partition coefficient (Wildman–Crippen LogP) is 6.98. The number of unbranched alkanes of at least 4 members (excludes halogenated alkanes) is 1. The van der Waals surface area contributed by atoms with Crippen LogP contribution >= 0.6 is 0 Å². The van der Waals surface area contributed by atoms with Crippen LogP contribution in [0.5, 0.6) is 5.75 Å². The van der Waals surface area contributed by atoms with Crippen LogP contribution in [0.2, 0.25) is 0 Å². The molecular weight excluding hydrogens is 356 g/mol. The lowest BCUT2D eigenvalue weighted by atomic mass is 9.62. The van der Waals surface area contributed by atoms with Gasteiger partial charge >= 0.3 is 0 Å². The molecule has 2 fully saturated rings. The highest BCUT2D eigenvalue weighted by atomic mass is 16.5. The van der Waals surface area contributed by atoms with Crippen molar-refractivity contribution in [1.82, 2.24) is 0 Å². The maximum absolute atomic E-state index is 6.18. The average Bonchev–Trinajstić information content (AvgIpc) is 2.77. The zero-order chi connectivity index (χ0) is 20.1. The summed E-state index contributed by atoms with van der Waals surface area (Å²) in [5, 5.41) is 0. The highest BCUT2D eigenvalue weighted by Gasteiger charge is 2.38. The molecule has 0 heterocycles. The van der Waals surface area contributed by atoms with Crippen molar-refractivity contribution in [2.24, 2.45) is 23.7 Å². The van der Waals surface area contributed by atoms with Gasteiger partial charge in [-0.15, -0.1) is 0 Å². The number of rotatable bonds is 8. The minimum Gasteiger partial charge on any atom is -0.494 e. The Morgan fingerprint density at radius 2 is 1.59 bits per heavy atom. The maximum Gasteiger partial charge on any atom is 0.119 e. The molecule has 0 radical (unpaired) electrons. The van der Waals surface area contributed by atoms with Gasteiger partial charge in [0.05, 0.1) is 12.7 Å². The van der Waals surface area contributed by atoms with Crippen molar-refractivity contribution in [3.8, 4) is 5.75 Å². The molecule has 3 aliphatic rings. The van der Waals surface area contributed by atoms with E-state index in [9.17, 15) is 0 Å². The van der Waals surface area contributed by atoms with Crippen molar-refractivity contribution >= 4 is 0 Å². The van der Waals surface area contributed by atoms with Gasteiger partial charge in [0.25, 0.3) is 0 Å². The number of ether oxygens (including phenoxy) is 2. The van der Waals surface area contributed by atoms with Gasteiger partial charge in [-0.2, -0.15) is 0 Å². The second kappa shape index (κ2) is 10.3. The van der Waals surface area contributed by atoms with Gasteiger partial charge in [-0.3, -0.25) is 0 Å². The Hall–Kier alpha value is -1.02. The van der Waals surface area contributed by atoms with Gasteiger partial charge in [0.15, 0.2) is 0 Å². The number of fused-ring (bicyclic) bond motifs is 2. The minimum absolute atomic E-state index is 0.560. The van der Waals surface area contributed by atoms with Gasteiger partial charge in [0.2, 0.25) is 0 Å². The van der Waals surface area contributed by atoms with Crippen molar-refractivity contribution in [1.29, 1.82) is 0 Å². The van der Waals surface area contributed by atoms with E-state index in [0.29, 0.717) is 6.10 Å². The Balaban J connectivity index is 1.28. The second-order valence-electron chi connectivity index (χ2n) is 10.0. The van der Waals surface area contributed by atoms with Crippen LogP contribution in [-0.2, 0) is 17.6 Å². The predicted molar refractivity (Wildman–Crippen MR) is 121 cm³/mol. The molecule has 0 saturated heterocycles.